The summed E-state index contributed by atoms with van der Waals surface area (Å²) in [6, 6.07) is 4.58. The van der Waals surface area contributed by atoms with Gasteiger partial charge in [0.1, 0.15) is 0 Å². The lowest BCUT2D eigenvalue weighted by molar-refractivity contribution is 0.687. The number of hydrogen-bond acceptors (Lipinski definition) is 5. The van der Waals surface area contributed by atoms with Crippen molar-refractivity contribution < 1.29 is 0 Å². The van der Waals surface area contributed by atoms with Gasteiger partial charge < -0.3 is 4.90 Å². The van der Waals surface area contributed by atoms with Gasteiger partial charge in [-0.2, -0.15) is 0 Å². The van der Waals surface area contributed by atoms with Crippen molar-refractivity contribution in [1.82, 2.24) is 4.98 Å². The lowest BCUT2D eigenvalue weighted by atomic mass is 9.92. The van der Waals surface area contributed by atoms with E-state index in [1.54, 1.807) is 11.3 Å². The minimum atomic E-state index is 0.728. The molecular formula is C25H29ClN4S. The highest BCUT2D eigenvalue weighted by molar-refractivity contribution is 7.21. The van der Waals surface area contributed by atoms with Crippen LogP contribution in [0.3, 0.4) is 0 Å². The van der Waals surface area contributed by atoms with Gasteiger partial charge in [-0.25, -0.2) is 4.98 Å². The molecule has 31 heavy (non-hydrogen) atoms. The largest absolute Gasteiger partial charge is 0.370 e. The number of hydrogen-bond donors (Lipinski definition) is 0. The van der Waals surface area contributed by atoms with Crippen LogP contribution in [0.1, 0.15) is 60.9 Å². The van der Waals surface area contributed by atoms with E-state index in [4.69, 9.17) is 21.7 Å². The van der Waals surface area contributed by atoms with Crippen molar-refractivity contribution in [1.29, 1.82) is 0 Å². The second-order valence-corrected chi connectivity index (χ2v) is 10.1. The Morgan fingerprint density at radius 1 is 1.10 bits per heavy atom. The third-order valence-electron chi connectivity index (χ3n) is 6.76. The van der Waals surface area contributed by atoms with Gasteiger partial charge in [0, 0.05) is 18.7 Å². The van der Waals surface area contributed by atoms with E-state index in [0.717, 1.165) is 59.3 Å². The van der Waals surface area contributed by atoms with Gasteiger partial charge in [0.25, 0.3) is 0 Å². The molecule has 1 aliphatic carbocycles. The summed E-state index contributed by atoms with van der Waals surface area (Å²) in [4.78, 5) is 7.17. The first-order valence-electron chi connectivity index (χ1n) is 11.5. The smallest absolute Gasteiger partial charge is 0.231 e. The Kier molecular flexibility index (Phi) is 5.74. The van der Waals surface area contributed by atoms with Crippen LogP contribution in [0.5, 0.6) is 0 Å². The van der Waals surface area contributed by atoms with Gasteiger partial charge in [0.15, 0.2) is 0 Å². The molecule has 1 aliphatic heterocycles. The zero-order chi connectivity index (χ0) is 21.5. The summed E-state index contributed by atoms with van der Waals surface area (Å²) < 4.78 is 1.21. The fourth-order valence-corrected chi connectivity index (χ4v) is 6.38. The Hall–Kier alpha value is -1.98. The van der Waals surface area contributed by atoms with Crippen LogP contribution in [0.25, 0.3) is 10.2 Å². The highest BCUT2D eigenvalue weighted by atomic mass is 35.5. The number of thiazole rings is 1. The van der Waals surface area contributed by atoms with Crippen LogP contribution in [0.4, 0.5) is 16.5 Å². The van der Waals surface area contributed by atoms with Gasteiger partial charge in [0.05, 0.1) is 26.6 Å². The zero-order valence-electron chi connectivity index (χ0n) is 18.6. The first-order valence-corrected chi connectivity index (χ1v) is 12.7. The van der Waals surface area contributed by atoms with Crippen molar-refractivity contribution in [2.75, 3.05) is 18.0 Å². The minimum absolute atomic E-state index is 0.728. The Morgan fingerprint density at radius 3 is 2.61 bits per heavy atom. The monoisotopic (exact) mass is 452 g/mol. The molecule has 0 fully saturated rings. The predicted octanol–water partition coefficient (Wildman–Crippen LogP) is 7.89. The number of aromatic nitrogens is 1. The molecule has 2 aliphatic rings. The van der Waals surface area contributed by atoms with E-state index in [-0.39, 0.29) is 0 Å². The fraction of sp³-hybridized carbons (Fsp3) is 0.480. The van der Waals surface area contributed by atoms with E-state index >= 15 is 0 Å². The van der Waals surface area contributed by atoms with E-state index < -0.39 is 0 Å². The first kappa shape index (κ1) is 20.9. The van der Waals surface area contributed by atoms with E-state index in [0.29, 0.717) is 0 Å². The third kappa shape index (κ3) is 3.66. The number of rotatable bonds is 5. The number of aryl methyl sites for hydroxylation is 2. The van der Waals surface area contributed by atoms with Crippen LogP contribution in [0.15, 0.2) is 22.4 Å². The maximum atomic E-state index is 6.95. The highest BCUT2D eigenvalue weighted by Gasteiger charge is 2.28. The standard InChI is InChI=1S/C25H29ClN4S/c1-4-8-19-22(26)24-18(11-12-30(24)5-2)15(3)23(19)28-29-25-27-20-13-16-9-6-7-10-17(16)14-21(20)31-25/h13-14H,4-12H2,1-3H3. The fourth-order valence-electron chi connectivity index (χ4n) is 5.13. The van der Waals surface area contributed by atoms with Crippen molar-refractivity contribution >= 4 is 49.7 Å². The average molecular weight is 453 g/mol. The Bertz CT molecular complexity index is 1140. The summed E-state index contributed by atoms with van der Waals surface area (Å²) in [6.45, 7) is 8.56. The Balaban J connectivity index is 1.55. The molecule has 0 N–H and O–H groups in total. The average Bonchev–Trinajstić information content (AvgIpc) is 3.39. The lowest BCUT2D eigenvalue weighted by Gasteiger charge is -2.22. The molecule has 1 aromatic heterocycles. The van der Waals surface area contributed by atoms with Crippen molar-refractivity contribution in [3.05, 3.63) is 45.0 Å². The number of azo groups is 1. The number of anilines is 1. The molecule has 0 amide bonds. The summed E-state index contributed by atoms with van der Waals surface area (Å²) in [6.07, 6.45) is 7.88. The lowest BCUT2D eigenvalue weighted by Crippen LogP contribution is -2.19. The van der Waals surface area contributed by atoms with Crippen LogP contribution in [-0.4, -0.2) is 18.1 Å². The third-order valence-corrected chi connectivity index (χ3v) is 8.07. The van der Waals surface area contributed by atoms with E-state index in [1.165, 1.54) is 58.3 Å². The molecule has 0 unspecified atom stereocenters. The van der Waals surface area contributed by atoms with Gasteiger partial charge in [-0.1, -0.05) is 36.3 Å². The Labute approximate surface area is 193 Å². The van der Waals surface area contributed by atoms with E-state index in [2.05, 4.69) is 42.9 Å². The molecule has 3 aromatic rings. The second kappa shape index (κ2) is 8.51. The number of fused-ring (bicyclic) bond motifs is 3. The molecule has 2 aromatic carbocycles. The van der Waals surface area contributed by atoms with E-state index in [1.807, 2.05) is 0 Å². The molecule has 2 heterocycles. The number of likely N-dealkylation sites (N-methyl/N-ethyl adjacent to an activating group) is 1. The van der Waals surface area contributed by atoms with E-state index in [9.17, 15) is 0 Å². The molecule has 0 saturated heterocycles. The molecule has 0 atom stereocenters. The van der Waals surface area contributed by atoms with Crippen LogP contribution in [0.2, 0.25) is 5.02 Å². The van der Waals surface area contributed by atoms with Gasteiger partial charge in [-0.15, -0.1) is 10.2 Å². The van der Waals surface area contributed by atoms with Gasteiger partial charge in [-0.05, 0) is 86.8 Å². The van der Waals surface area contributed by atoms with Gasteiger partial charge >= 0.3 is 0 Å². The molecule has 0 bridgehead atoms. The van der Waals surface area contributed by atoms with Crippen LogP contribution < -0.4 is 4.90 Å². The normalized spacial score (nSPS) is 15.8. The maximum Gasteiger partial charge on any atom is 0.231 e. The quantitative estimate of drug-likeness (QED) is 0.369. The van der Waals surface area contributed by atoms with Crippen molar-refractivity contribution in [2.24, 2.45) is 10.2 Å². The molecule has 5 rings (SSSR count). The number of benzene rings is 2. The summed E-state index contributed by atoms with van der Waals surface area (Å²) in [5.41, 5.74) is 9.84. The van der Waals surface area contributed by atoms with Gasteiger partial charge in [0.2, 0.25) is 5.13 Å². The molecule has 4 nitrogen and oxygen atoms in total. The maximum absolute atomic E-state index is 6.95. The molecule has 6 heteroatoms. The molecule has 162 valence electrons. The number of nitrogens with zero attached hydrogens (tertiary/aromatic N) is 4. The van der Waals surface area contributed by atoms with Crippen LogP contribution in [-0.2, 0) is 25.7 Å². The molecule has 0 saturated carbocycles. The first-order chi connectivity index (χ1) is 15.1. The number of halogens is 1. The minimum Gasteiger partial charge on any atom is -0.370 e. The zero-order valence-corrected chi connectivity index (χ0v) is 20.2. The van der Waals surface area contributed by atoms with Crippen molar-refractivity contribution in [3.8, 4) is 0 Å². The van der Waals surface area contributed by atoms with Crippen LogP contribution >= 0.6 is 22.9 Å². The summed E-state index contributed by atoms with van der Waals surface area (Å²) in [5, 5.41) is 11.0. The SMILES string of the molecule is CCCc1c(Cl)c2c(c(C)c1N=Nc1nc3cc4c(cc3s1)CCCC4)CCN2CC. The van der Waals surface area contributed by atoms with Crippen LogP contribution in [0, 0.1) is 6.92 Å². The molecule has 0 spiro atoms. The summed E-state index contributed by atoms with van der Waals surface area (Å²) in [7, 11) is 0. The molecule has 0 radical (unpaired) electrons. The van der Waals surface area contributed by atoms with Gasteiger partial charge in [-0.3, -0.25) is 0 Å². The van der Waals surface area contributed by atoms with Crippen molar-refractivity contribution in [2.45, 2.75) is 65.7 Å². The second-order valence-electron chi connectivity index (χ2n) is 8.67. The summed E-state index contributed by atoms with van der Waals surface area (Å²) >= 11 is 8.58. The predicted molar refractivity (Wildman–Crippen MR) is 132 cm³/mol. The topological polar surface area (TPSA) is 40.9 Å². The summed E-state index contributed by atoms with van der Waals surface area (Å²) in [5.74, 6) is 0. The Morgan fingerprint density at radius 2 is 1.87 bits per heavy atom. The van der Waals surface area contributed by atoms with Crippen molar-refractivity contribution in [3.63, 3.8) is 0 Å². The molecular weight excluding hydrogens is 424 g/mol. The highest BCUT2D eigenvalue weighted by Crippen LogP contribution is 2.46.